The maximum absolute atomic E-state index is 5.84. The molecule has 1 aromatic rings. The zero-order valence-corrected chi connectivity index (χ0v) is 15.9. The first-order valence-electron chi connectivity index (χ1n) is 6.97. The minimum Gasteiger partial charge on any atom is -0.493 e. The standard InChI is InChI=1S/C15H25N3O3.HI/c1-11(2)21-9-5-8-17-15(16)18-12-6-7-13(19-3)14(10-12)20-4;/h6-7,10-11H,5,8-9H2,1-4H3,(H3,16,17,18);1H. The molecule has 3 N–H and O–H groups in total. The lowest BCUT2D eigenvalue weighted by Gasteiger charge is -2.11. The zero-order chi connectivity index (χ0) is 15.7. The van der Waals surface area contributed by atoms with Crippen LogP contribution in [0.2, 0.25) is 0 Å². The Bertz CT molecular complexity index is 467. The molecule has 1 aromatic carbocycles. The summed E-state index contributed by atoms with van der Waals surface area (Å²) < 4.78 is 15.8. The summed E-state index contributed by atoms with van der Waals surface area (Å²) in [6, 6.07) is 5.47. The second-order valence-corrected chi connectivity index (χ2v) is 4.73. The highest BCUT2D eigenvalue weighted by molar-refractivity contribution is 14.0. The van der Waals surface area contributed by atoms with Crippen molar-refractivity contribution in [2.75, 3.05) is 32.7 Å². The highest BCUT2D eigenvalue weighted by Crippen LogP contribution is 2.29. The summed E-state index contributed by atoms with van der Waals surface area (Å²) in [5, 5.41) is 3.02. The average Bonchev–Trinajstić information content (AvgIpc) is 2.46. The van der Waals surface area contributed by atoms with Crippen LogP contribution in [0.25, 0.3) is 0 Å². The van der Waals surface area contributed by atoms with Crippen molar-refractivity contribution in [1.29, 1.82) is 0 Å². The quantitative estimate of drug-likeness (QED) is 0.291. The third-order valence-corrected chi connectivity index (χ3v) is 2.69. The molecule has 7 heteroatoms. The van der Waals surface area contributed by atoms with Crippen LogP contribution < -0.4 is 20.5 Å². The molecule has 0 aliphatic rings. The van der Waals surface area contributed by atoms with Gasteiger partial charge in [0.2, 0.25) is 0 Å². The number of halogens is 1. The van der Waals surface area contributed by atoms with Crippen molar-refractivity contribution in [2.24, 2.45) is 10.7 Å². The molecule has 0 amide bonds. The van der Waals surface area contributed by atoms with Crippen molar-refractivity contribution in [3.05, 3.63) is 18.2 Å². The molecular weight excluding hydrogens is 397 g/mol. The van der Waals surface area contributed by atoms with Crippen molar-refractivity contribution in [3.8, 4) is 11.5 Å². The van der Waals surface area contributed by atoms with Crippen molar-refractivity contribution in [1.82, 2.24) is 0 Å². The van der Waals surface area contributed by atoms with Crippen LogP contribution in [0.3, 0.4) is 0 Å². The summed E-state index contributed by atoms with van der Waals surface area (Å²) in [5.41, 5.74) is 6.63. The Kier molecular flexibility index (Phi) is 10.7. The normalized spacial score (nSPS) is 11.0. The molecule has 0 radical (unpaired) electrons. The number of hydrogen-bond donors (Lipinski definition) is 2. The van der Waals surface area contributed by atoms with Crippen LogP contribution in [-0.2, 0) is 4.74 Å². The first-order chi connectivity index (χ1) is 10.1. The van der Waals surface area contributed by atoms with Gasteiger partial charge in [0.05, 0.1) is 20.3 Å². The molecule has 0 atom stereocenters. The van der Waals surface area contributed by atoms with E-state index in [4.69, 9.17) is 19.9 Å². The molecule has 0 spiro atoms. The van der Waals surface area contributed by atoms with Gasteiger partial charge in [-0.2, -0.15) is 0 Å². The van der Waals surface area contributed by atoms with Gasteiger partial charge < -0.3 is 25.3 Å². The van der Waals surface area contributed by atoms with Gasteiger partial charge in [-0.3, -0.25) is 4.99 Å². The van der Waals surface area contributed by atoms with Crippen molar-refractivity contribution in [2.45, 2.75) is 26.4 Å². The maximum Gasteiger partial charge on any atom is 0.193 e. The Labute approximate surface area is 149 Å². The van der Waals surface area contributed by atoms with E-state index in [2.05, 4.69) is 10.3 Å². The van der Waals surface area contributed by atoms with E-state index >= 15 is 0 Å². The van der Waals surface area contributed by atoms with Gasteiger partial charge in [-0.25, -0.2) is 0 Å². The second-order valence-electron chi connectivity index (χ2n) is 4.73. The van der Waals surface area contributed by atoms with Gasteiger partial charge >= 0.3 is 0 Å². The topological polar surface area (TPSA) is 78.1 Å². The van der Waals surface area contributed by atoms with E-state index in [1.807, 2.05) is 32.0 Å². The SMILES string of the molecule is COc1ccc(NC(N)=NCCCOC(C)C)cc1OC.I. The fourth-order valence-corrected chi connectivity index (χ4v) is 1.68. The van der Waals surface area contributed by atoms with E-state index < -0.39 is 0 Å². The van der Waals surface area contributed by atoms with Gasteiger partial charge in [-0.05, 0) is 32.4 Å². The molecule has 22 heavy (non-hydrogen) atoms. The zero-order valence-electron chi connectivity index (χ0n) is 13.6. The lowest BCUT2D eigenvalue weighted by atomic mass is 10.3. The van der Waals surface area contributed by atoms with Crippen molar-refractivity contribution >= 4 is 35.6 Å². The summed E-state index contributed by atoms with van der Waals surface area (Å²) >= 11 is 0. The molecule has 126 valence electrons. The number of benzene rings is 1. The number of hydrogen-bond acceptors (Lipinski definition) is 4. The minimum atomic E-state index is 0. The molecule has 0 aliphatic carbocycles. The molecule has 0 heterocycles. The van der Waals surface area contributed by atoms with E-state index in [0.717, 1.165) is 12.1 Å². The van der Waals surface area contributed by atoms with Gasteiger partial charge in [0.15, 0.2) is 17.5 Å². The Balaban J connectivity index is 0.00000441. The highest BCUT2D eigenvalue weighted by Gasteiger charge is 2.04. The number of methoxy groups -OCH3 is 2. The highest BCUT2D eigenvalue weighted by atomic mass is 127. The molecule has 0 unspecified atom stereocenters. The number of aliphatic imine (C=N–C) groups is 1. The van der Waals surface area contributed by atoms with Crippen LogP contribution in [0, 0.1) is 0 Å². The molecule has 0 saturated heterocycles. The van der Waals surface area contributed by atoms with Crippen LogP contribution in [-0.4, -0.2) is 39.4 Å². The number of rotatable bonds is 8. The number of nitrogens with two attached hydrogens (primary N) is 1. The third kappa shape index (κ3) is 7.69. The molecule has 1 rings (SSSR count). The number of guanidine groups is 1. The number of anilines is 1. The summed E-state index contributed by atoms with van der Waals surface area (Å²) in [6.45, 7) is 5.33. The first kappa shape index (κ1) is 20.8. The third-order valence-electron chi connectivity index (χ3n) is 2.69. The van der Waals surface area contributed by atoms with E-state index in [-0.39, 0.29) is 30.1 Å². The predicted molar refractivity (Wildman–Crippen MR) is 101 cm³/mol. The van der Waals surface area contributed by atoms with E-state index in [0.29, 0.717) is 30.6 Å². The number of nitrogens with zero attached hydrogens (tertiary/aromatic N) is 1. The van der Waals surface area contributed by atoms with E-state index in [9.17, 15) is 0 Å². The minimum absolute atomic E-state index is 0. The Morgan fingerprint density at radius 3 is 2.50 bits per heavy atom. The van der Waals surface area contributed by atoms with Crippen LogP contribution in [0.1, 0.15) is 20.3 Å². The van der Waals surface area contributed by atoms with Crippen molar-refractivity contribution < 1.29 is 14.2 Å². The van der Waals surface area contributed by atoms with Crippen LogP contribution in [0.4, 0.5) is 5.69 Å². The first-order valence-corrected chi connectivity index (χ1v) is 6.97. The maximum atomic E-state index is 5.84. The van der Waals surface area contributed by atoms with Crippen LogP contribution in [0.5, 0.6) is 11.5 Å². The van der Waals surface area contributed by atoms with Gasteiger partial charge in [0, 0.05) is 24.9 Å². The number of nitrogens with one attached hydrogen (secondary N) is 1. The van der Waals surface area contributed by atoms with Gasteiger partial charge in [-0.1, -0.05) is 0 Å². The van der Waals surface area contributed by atoms with E-state index in [1.165, 1.54) is 0 Å². The van der Waals surface area contributed by atoms with Crippen LogP contribution >= 0.6 is 24.0 Å². The van der Waals surface area contributed by atoms with Gasteiger partial charge in [-0.15, -0.1) is 24.0 Å². The molecule has 6 nitrogen and oxygen atoms in total. The molecule has 0 bridgehead atoms. The summed E-state index contributed by atoms with van der Waals surface area (Å²) in [4.78, 5) is 4.25. The largest absolute Gasteiger partial charge is 0.493 e. The van der Waals surface area contributed by atoms with Crippen LogP contribution in [0.15, 0.2) is 23.2 Å². The fraction of sp³-hybridized carbons (Fsp3) is 0.533. The average molecular weight is 423 g/mol. The molecular formula is C15H26IN3O3. The second kappa shape index (κ2) is 11.4. The Hall–Kier alpha value is -1.22. The Morgan fingerprint density at radius 1 is 1.23 bits per heavy atom. The van der Waals surface area contributed by atoms with Crippen molar-refractivity contribution in [3.63, 3.8) is 0 Å². The lowest BCUT2D eigenvalue weighted by Crippen LogP contribution is -2.23. The number of ether oxygens (including phenoxy) is 3. The molecule has 0 aromatic heterocycles. The summed E-state index contributed by atoms with van der Waals surface area (Å²) in [6.07, 6.45) is 1.09. The lowest BCUT2D eigenvalue weighted by molar-refractivity contribution is 0.0783. The smallest absolute Gasteiger partial charge is 0.193 e. The summed E-state index contributed by atoms with van der Waals surface area (Å²) in [5.74, 6) is 1.68. The van der Waals surface area contributed by atoms with Gasteiger partial charge in [0.25, 0.3) is 0 Å². The van der Waals surface area contributed by atoms with Gasteiger partial charge in [0.1, 0.15) is 0 Å². The molecule has 0 fully saturated rings. The van der Waals surface area contributed by atoms with E-state index in [1.54, 1.807) is 14.2 Å². The molecule has 0 saturated carbocycles. The Morgan fingerprint density at radius 2 is 1.91 bits per heavy atom. The monoisotopic (exact) mass is 423 g/mol. The molecule has 0 aliphatic heterocycles. The predicted octanol–water partition coefficient (Wildman–Crippen LogP) is 2.86. The fourth-order valence-electron chi connectivity index (χ4n) is 1.68. The summed E-state index contributed by atoms with van der Waals surface area (Å²) in [7, 11) is 3.19.